The lowest BCUT2D eigenvalue weighted by atomic mass is 9.95. The van der Waals surface area contributed by atoms with Gasteiger partial charge in [-0.05, 0) is 55.2 Å². The lowest BCUT2D eigenvalue weighted by Crippen LogP contribution is -2.39. The van der Waals surface area contributed by atoms with Gasteiger partial charge in [0.1, 0.15) is 11.8 Å². The standard InChI is InChI=1S/C21H23NO5/c1-2-25-16-8-5-14(6-9-16)20(22-11-3-4-17(22)21(23)24)15-7-10-18-19(12-15)27-13-26-18/h5-10,12,17,20H,2-4,11,13H2,1H3,(H,23,24). The fourth-order valence-electron chi connectivity index (χ4n) is 3.93. The van der Waals surface area contributed by atoms with E-state index in [2.05, 4.69) is 4.90 Å². The highest BCUT2D eigenvalue weighted by molar-refractivity contribution is 5.74. The lowest BCUT2D eigenvalue weighted by Gasteiger charge is -2.32. The van der Waals surface area contributed by atoms with Gasteiger partial charge in [-0.2, -0.15) is 0 Å². The topological polar surface area (TPSA) is 68.2 Å². The number of aliphatic carboxylic acids is 1. The first kappa shape index (κ1) is 17.7. The lowest BCUT2D eigenvalue weighted by molar-refractivity contribution is -0.142. The van der Waals surface area contributed by atoms with Crippen LogP contribution in [0.15, 0.2) is 42.5 Å². The highest BCUT2D eigenvalue weighted by Crippen LogP contribution is 2.40. The maximum absolute atomic E-state index is 11.8. The number of hydrogen-bond donors (Lipinski definition) is 1. The minimum absolute atomic E-state index is 0.168. The van der Waals surface area contributed by atoms with Crippen LogP contribution in [0.5, 0.6) is 17.2 Å². The van der Waals surface area contributed by atoms with Crippen molar-refractivity contribution in [2.75, 3.05) is 19.9 Å². The van der Waals surface area contributed by atoms with Gasteiger partial charge >= 0.3 is 5.97 Å². The Morgan fingerprint density at radius 2 is 1.93 bits per heavy atom. The van der Waals surface area contributed by atoms with Crippen molar-refractivity contribution < 1.29 is 24.1 Å². The molecule has 1 saturated heterocycles. The van der Waals surface area contributed by atoms with Crippen LogP contribution in [-0.2, 0) is 4.79 Å². The number of ether oxygens (including phenoxy) is 3. The molecule has 4 rings (SSSR count). The third-order valence-electron chi connectivity index (χ3n) is 5.13. The van der Waals surface area contributed by atoms with Crippen LogP contribution in [0.25, 0.3) is 0 Å². The molecule has 6 heteroatoms. The van der Waals surface area contributed by atoms with Gasteiger partial charge in [-0.25, -0.2) is 0 Å². The monoisotopic (exact) mass is 369 g/mol. The molecule has 2 aliphatic heterocycles. The summed E-state index contributed by atoms with van der Waals surface area (Å²) in [5, 5.41) is 9.69. The zero-order chi connectivity index (χ0) is 18.8. The van der Waals surface area contributed by atoms with Gasteiger partial charge in [0, 0.05) is 6.54 Å². The van der Waals surface area contributed by atoms with E-state index in [4.69, 9.17) is 14.2 Å². The Morgan fingerprint density at radius 1 is 1.19 bits per heavy atom. The first-order valence-corrected chi connectivity index (χ1v) is 9.28. The van der Waals surface area contributed by atoms with Gasteiger partial charge in [0.2, 0.25) is 6.79 Å². The number of fused-ring (bicyclic) bond motifs is 1. The number of carboxylic acids is 1. The number of nitrogens with zero attached hydrogens (tertiary/aromatic N) is 1. The van der Waals surface area contributed by atoms with Crippen LogP contribution in [0, 0.1) is 0 Å². The summed E-state index contributed by atoms with van der Waals surface area (Å²) in [6.45, 7) is 3.51. The number of carbonyl (C=O) groups is 1. The van der Waals surface area contributed by atoms with Crippen LogP contribution in [0.4, 0.5) is 0 Å². The fraction of sp³-hybridized carbons (Fsp3) is 0.381. The molecule has 2 aromatic carbocycles. The first-order valence-electron chi connectivity index (χ1n) is 9.28. The van der Waals surface area contributed by atoms with Crippen LogP contribution in [0.3, 0.4) is 0 Å². The number of benzene rings is 2. The minimum Gasteiger partial charge on any atom is -0.494 e. The van der Waals surface area contributed by atoms with Crippen molar-refractivity contribution in [2.24, 2.45) is 0 Å². The molecule has 2 aromatic rings. The third-order valence-corrected chi connectivity index (χ3v) is 5.13. The van der Waals surface area contributed by atoms with Crippen molar-refractivity contribution in [3.63, 3.8) is 0 Å². The van der Waals surface area contributed by atoms with Crippen molar-refractivity contribution in [1.29, 1.82) is 0 Å². The molecule has 0 aliphatic carbocycles. The number of hydrogen-bond acceptors (Lipinski definition) is 5. The molecule has 0 aromatic heterocycles. The first-order chi connectivity index (χ1) is 13.2. The average molecular weight is 369 g/mol. The van der Waals surface area contributed by atoms with Crippen molar-refractivity contribution >= 4 is 5.97 Å². The molecule has 0 radical (unpaired) electrons. The summed E-state index contributed by atoms with van der Waals surface area (Å²) >= 11 is 0. The number of rotatable bonds is 6. The SMILES string of the molecule is CCOc1ccc(C(c2ccc3c(c2)OCO3)N2CCCC2C(=O)O)cc1. The predicted molar refractivity (Wildman–Crippen MR) is 99.4 cm³/mol. The quantitative estimate of drug-likeness (QED) is 0.841. The van der Waals surface area contributed by atoms with Crippen molar-refractivity contribution in [2.45, 2.75) is 31.8 Å². The van der Waals surface area contributed by atoms with E-state index in [1.807, 2.05) is 49.4 Å². The zero-order valence-electron chi connectivity index (χ0n) is 15.3. The molecule has 0 amide bonds. The van der Waals surface area contributed by atoms with Gasteiger partial charge in [-0.15, -0.1) is 0 Å². The van der Waals surface area contributed by atoms with E-state index in [1.165, 1.54) is 0 Å². The molecule has 0 saturated carbocycles. The Kier molecular flexibility index (Phi) is 4.90. The summed E-state index contributed by atoms with van der Waals surface area (Å²) in [5.41, 5.74) is 2.03. The van der Waals surface area contributed by atoms with E-state index in [1.54, 1.807) is 0 Å². The van der Waals surface area contributed by atoms with E-state index in [0.29, 0.717) is 18.8 Å². The fourth-order valence-corrected chi connectivity index (χ4v) is 3.93. The summed E-state index contributed by atoms with van der Waals surface area (Å²) in [5.74, 6) is 1.46. The van der Waals surface area contributed by atoms with Gasteiger partial charge in [0.15, 0.2) is 11.5 Å². The molecular formula is C21H23NO5. The summed E-state index contributed by atoms with van der Waals surface area (Å²) in [4.78, 5) is 13.9. The van der Waals surface area contributed by atoms with Gasteiger partial charge < -0.3 is 19.3 Å². The second-order valence-corrected chi connectivity index (χ2v) is 6.75. The molecule has 142 valence electrons. The second-order valence-electron chi connectivity index (χ2n) is 6.75. The van der Waals surface area contributed by atoms with E-state index in [9.17, 15) is 9.90 Å². The van der Waals surface area contributed by atoms with Gasteiger partial charge in [-0.3, -0.25) is 9.69 Å². The highest BCUT2D eigenvalue weighted by atomic mass is 16.7. The number of carboxylic acid groups (broad SMARTS) is 1. The Labute approximate surface area is 158 Å². The van der Waals surface area contributed by atoms with Crippen LogP contribution < -0.4 is 14.2 Å². The van der Waals surface area contributed by atoms with Crippen molar-refractivity contribution in [1.82, 2.24) is 4.90 Å². The van der Waals surface area contributed by atoms with Gasteiger partial charge in [0.25, 0.3) is 0 Å². The van der Waals surface area contributed by atoms with E-state index in [0.717, 1.165) is 35.6 Å². The number of likely N-dealkylation sites (tertiary alicyclic amines) is 1. The maximum Gasteiger partial charge on any atom is 0.320 e. The summed E-state index contributed by atoms with van der Waals surface area (Å²) in [7, 11) is 0. The van der Waals surface area contributed by atoms with Crippen LogP contribution in [0.1, 0.15) is 36.9 Å². The molecule has 6 nitrogen and oxygen atoms in total. The van der Waals surface area contributed by atoms with E-state index < -0.39 is 12.0 Å². The van der Waals surface area contributed by atoms with Gasteiger partial charge in [-0.1, -0.05) is 18.2 Å². The smallest absolute Gasteiger partial charge is 0.320 e. The molecule has 0 bridgehead atoms. The molecule has 2 unspecified atom stereocenters. The molecule has 1 N–H and O–H groups in total. The third kappa shape index (κ3) is 3.45. The summed E-state index contributed by atoms with van der Waals surface area (Å²) < 4.78 is 16.5. The largest absolute Gasteiger partial charge is 0.494 e. The summed E-state index contributed by atoms with van der Waals surface area (Å²) in [6, 6.07) is 13.1. The highest BCUT2D eigenvalue weighted by Gasteiger charge is 2.37. The minimum atomic E-state index is -0.774. The normalized spacial score (nSPS) is 19.8. The van der Waals surface area contributed by atoms with Crippen molar-refractivity contribution in [3.05, 3.63) is 53.6 Å². The average Bonchev–Trinajstić information content (AvgIpc) is 3.33. The summed E-state index contributed by atoms with van der Waals surface area (Å²) in [6.07, 6.45) is 1.53. The second kappa shape index (κ2) is 7.48. The Morgan fingerprint density at radius 3 is 2.67 bits per heavy atom. The van der Waals surface area contributed by atoms with E-state index in [-0.39, 0.29) is 12.8 Å². The van der Waals surface area contributed by atoms with Crippen LogP contribution in [0.2, 0.25) is 0 Å². The van der Waals surface area contributed by atoms with Crippen LogP contribution >= 0.6 is 0 Å². The van der Waals surface area contributed by atoms with Gasteiger partial charge in [0.05, 0.1) is 12.6 Å². The molecule has 0 spiro atoms. The van der Waals surface area contributed by atoms with Crippen molar-refractivity contribution in [3.8, 4) is 17.2 Å². The molecule has 2 aliphatic rings. The molecule has 2 atom stereocenters. The Balaban J connectivity index is 1.74. The zero-order valence-corrected chi connectivity index (χ0v) is 15.3. The maximum atomic E-state index is 11.8. The predicted octanol–water partition coefficient (Wildman–Crippen LogP) is 3.45. The molecule has 1 fully saturated rings. The Bertz CT molecular complexity index is 820. The molecule has 27 heavy (non-hydrogen) atoms. The molecular weight excluding hydrogens is 346 g/mol. The van der Waals surface area contributed by atoms with E-state index >= 15 is 0 Å². The van der Waals surface area contributed by atoms with Crippen LogP contribution in [-0.4, -0.2) is 42.0 Å². The Hall–Kier alpha value is -2.73. The molecule has 2 heterocycles.